The molecule has 2 aliphatic rings. The molecule has 2 aromatic heterocycles. The molecule has 194 valence electrons. The molecule has 0 saturated carbocycles. The lowest BCUT2D eigenvalue weighted by Gasteiger charge is -2.23. The maximum Gasteiger partial charge on any atom is 0.254 e. The van der Waals surface area contributed by atoms with E-state index in [4.69, 9.17) is 16.3 Å². The van der Waals surface area contributed by atoms with Gasteiger partial charge in [0.2, 0.25) is 11.9 Å². The predicted octanol–water partition coefficient (Wildman–Crippen LogP) is 4.29. The SMILES string of the molecule is Cc1nc(C)c(C(C)NC(=O)CN2Cc3ccc(-c4nc(NC5CCOCC5)ncc4Cl)cc3C2=O)s1. The second-order valence-corrected chi connectivity index (χ2v) is 11.1. The molecule has 1 fully saturated rings. The number of anilines is 1. The fraction of sp³-hybridized carbons (Fsp3) is 0.423. The maximum atomic E-state index is 13.2. The average molecular weight is 541 g/mol. The van der Waals surface area contributed by atoms with Gasteiger partial charge >= 0.3 is 0 Å². The van der Waals surface area contributed by atoms with E-state index in [1.165, 1.54) is 0 Å². The first kappa shape index (κ1) is 25.6. The zero-order valence-electron chi connectivity index (χ0n) is 21.0. The molecule has 2 aliphatic heterocycles. The van der Waals surface area contributed by atoms with Crippen molar-refractivity contribution in [2.45, 2.75) is 52.2 Å². The Morgan fingerprint density at radius 3 is 2.78 bits per heavy atom. The maximum absolute atomic E-state index is 13.2. The number of amides is 2. The summed E-state index contributed by atoms with van der Waals surface area (Å²) >= 11 is 8.02. The number of halogens is 1. The lowest BCUT2D eigenvalue weighted by molar-refractivity contribution is -0.122. The van der Waals surface area contributed by atoms with E-state index in [2.05, 4.69) is 25.6 Å². The van der Waals surface area contributed by atoms with Gasteiger partial charge in [-0.2, -0.15) is 0 Å². The Hall–Kier alpha value is -3.08. The topological polar surface area (TPSA) is 109 Å². The second-order valence-electron chi connectivity index (χ2n) is 9.43. The molecule has 1 aromatic carbocycles. The number of ether oxygens (including phenoxy) is 1. The third kappa shape index (κ3) is 5.61. The minimum absolute atomic E-state index is 0.0164. The minimum Gasteiger partial charge on any atom is -0.381 e. The number of hydrogen-bond acceptors (Lipinski definition) is 8. The van der Waals surface area contributed by atoms with Crippen LogP contribution in [0.5, 0.6) is 0 Å². The number of aromatic nitrogens is 3. The molecule has 1 unspecified atom stereocenters. The fourth-order valence-corrected chi connectivity index (χ4v) is 5.90. The van der Waals surface area contributed by atoms with Gasteiger partial charge in [0.15, 0.2) is 0 Å². The third-order valence-corrected chi connectivity index (χ3v) is 8.14. The normalized spacial score (nSPS) is 16.5. The first-order chi connectivity index (χ1) is 17.8. The summed E-state index contributed by atoms with van der Waals surface area (Å²) in [5.41, 5.74) is 3.63. The van der Waals surface area contributed by atoms with Crippen molar-refractivity contribution in [1.82, 2.24) is 25.2 Å². The quantitative estimate of drug-likeness (QED) is 0.460. The fourth-order valence-electron chi connectivity index (χ4n) is 4.77. The summed E-state index contributed by atoms with van der Waals surface area (Å²) in [7, 11) is 0. The molecule has 0 radical (unpaired) electrons. The Morgan fingerprint density at radius 2 is 2.05 bits per heavy atom. The molecule has 1 saturated heterocycles. The lowest BCUT2D eigenvalue weighted by Crippen LogP contribution is -2.38. The Balaban J connectivity index is 1.27. The smallest absolute Gasteiger partial charge is 0.254 e. The van der Waals surface area contributed by atoms with E-state index in [0.717, 1.165) is 39.5 Å². The molecule has 37 heavy (non-hydrogen) atoms. The van der Waals surface area contributed by atoms with Crippen molar-refractivity contribution >= 4 is 40.7 Å². The van der Waals surface area contributed by atoms with Gasteiger partial charge in [-0.15, -0.1) is 11.3 Å². The molecule has 9 nitrogen and oxygen atoms in total. The molecule has 0 spiro atoms. The average Bonchev–Trinajstić information content (AvgIpc) is 3.38. The largest absolute Gasteiger partial charge is 0.381 e. The van der Waals surface area contributed by atoms with Crippen molar-refractivity contribution in [2.75, 3.05) is 25.1 Å². The highest BCUT2D eigenvalue weighted by Gasteiger charge is 2.30. The van der Waals surface area contributed by atoms with Gasteiger partial charge < -0.3 is 20.3 Å². The standard InChI is InChI=1S/C26H29ClN6O3S/c1-14-24(37-16(3)29-14)15(2)30-22(34)13-33-12-18-5-4-17(10-20(18)25(33)35)23-21(27)11-28-26(32-23)31-19-6-8-36-9-7-19/h4-5,10-11,15,19H,6-9,12-13H2,1-3H3,(H,30,34)(H,28,31,32). The van der Waals surface area contributed by atoms with Crippen LogP contribution in [-0.2, 0) is 16.1 Å². The zero-order chi connectivity index (χ0) is 26.1. The molecule has 2 amide bonds. The van der Waals surface area contributed by atoms with Crippen LogP contribution in [0.15, 0.2) is 24.4 Å². The highest BCUT2D eigenvalue weighted by molar-refractivity contribution is 7.11. The first-order valence-electron chi connectivity index (χ1n) is 12.3. The Bertz CT molecular complexity index is 1340. The van der Waals surface area contributed by atoms with Gasteiger partial charge in [0.05, 0.1) is 33.7 Å². The van der Waals surface area contributed by atoms with E-state index in [-0.39, 0.29) is 30.4 Å². The van der Waals surface area contributed by atoms with Crippen molar-refractivity contribution in [3.05, 3.63) is 56.1 Å². The van der Waals surface area contributed by atoms with Gasteiger partial charge in [0, 0.05) is 41.8 Å². The number of nitrogens with one attached hydrogen (secondary N) is 2. The molecule has 1 atom stereocenters. The number of nitrogens with zero attached hydrogens (tertiary/aromatic N) is 4. The summed E-state index contributed by atoms with van der Waals surface area (Å²) in [6.45, 7) is 7.60. The summed E-state index contributed by atoms with van der Waals surface area (Å²) in [4.78, 5) is 41.9. The number of carbonyl (C=O) groups is 2. The number of benzene rings is 1. The molecule has 11 heteroatoms. The molecule has 0 bridgehead atoms. The summed E-state index contributed by atoms with van der Waals surface area (Å²) < 4.78 is 5.41. The van der Waals surface area contributed by atoms with Crippen LogP contribution in [0, 0.1) is 13.8 Å². The van der Waals surface area contributed by atoms with Crippen LogP contribution in [0.3, 0.4) is 0 Å². The van der Waals surface area contributed by atoms with E-state index in [9.17, 15) is 9.59 Å². The highest BCUT2D eigenvalue weighted by Crippen LogP contribution is 2.32. The van der Waals surface area contributed by atoms with Crippen LogP contribution in [-0.4, -0.2) is 57.5 Å². The van der Waals surface area contributed by atoms with E-state index in [0.29, 0.717) is 42.0 Å². The van der Waals surface area contributed by atoms with Crippen molar-refractivity contribution < 1.29 is 14.3 Å². The molecular formula is C26H29ClN6O3S. The summed E-state index contributed by atoms with van der Waals surface area (Å²) in [5.74, 6) is 0.106. The number of hydrogen-bond donors (Lipinski definition) is 2. The van der Waals surface area contributed by atoms with Gasteiger partial charge in [-0.1, -0.05) is 23.7 Å². The van der Waals surface area contributed by atoms with Crippen molar-refractivity contribution in [2.24, 2.45) is 0 Å². The molecule has 5 rings (SSSR count). The highest BCUT2D eigenvalue weighted by atomic mass is 35.5. The summed E-state index contributed by atoms with van der Waals surface area (Å²) in [5, 5.41) is 7.72. The molecule has 2 N–H and O–H groups in total. The molecular weight excluding hydrogens is 512 g/mol. The minimum atomic E-state index is -0.206. The number of thiazole rings is 1. The predicted molar refractivity (Wildman–Crippen MR) is 143 cm³/mol. The number of carbonyl (C=O) groups excluding carboxylic acids is 2. The van der Waals surface area contributed by atoms with Crippen molar-refractivity contribution in [3.8, 4) is 11.3 Å². The second kappa shape index (κ2) is 10.7. The monoisotopic (exact) mass is 540 g/mol. The van der Waals surface area contributed by atoms with Crippen LogP contribution in [0.2, 0.25) is 5.02 Å². The van der Waals surface area contributed by atoms with E-state index in [1.54, 1.807) is 28.5 Å². The third-order valence-electron chi connectivity index (χ3n) is 6.61. The van der Waals surface area contributed by atoms with Crippen LogP contribution in [0.1, 0.15) is 57.3 Å². The number of rotatable bonds is 7. The van der Waals surface area contributed by atoms with E-state index < -0.39 is 0 Å². The first-order valence-corrected chi connectivity index (χ1v) is 13.5. The Kier molecular flexibility index (Phi) is 7.41. The van der Waals surface area contributed by atoms with Crippen molar-refractivity contribution in [3.63, 3.8) is 0 Å². The van der Waals surface area contributed by atoms with Crippen LogP contribution in [0.4, 0.5) is 5.95 Å². The van der Waals surface area contributed by atoms with Crippen molar-refractivity contribution in [1.29, 1.82) is 0 Å². The van der Waals surface area contributed by atoms with E-state index in [1.807, 2.05) is 32.9 Å². The lowest BCUT2D eigenvalue weighted by atomic mass is 10.0. The van der Waals surface area contributed by atoms with Gasteiger partial charge in [0.1, 0.15) is 6.54 Å². The van der Waals surface area contributed by atoms with E-state index >= 15 is 0 Å². The number of fused-ring (bicyclic) bond motifs is 1. The molecule has 3 aromatic rings. The Morgan fingerprint density at radius 1 is 1.27 bits per heavy atom. The summed E-state index contributed by atoms with van der Waals surface area (Å²) in [6.07, 6.45) is 3.35. The molecule has 0 aliphatic carbocycles. The van der Waals surface area contributed by atoms with Gasteiger partial charge in [-0.05, 0) is 45.2 Å². The van der Waals surface area contributed by atoms with Gasteiger partial charge in [-0.3, -0.25) is 9.59 Å². The van der Waals surface area contributed by atoms with Crippen LogP contribution < -0.4 is 10.6 Å². The van der Waals surface area contributed by atoms with Crippen LogP contribution >= 0.6 is 22.9 Å². The number of aryl methyl sites for hydroxylation is 2. The molecule has 4 heterocycles. The van der Waals surface area contributed by atoms with Gasteiger partial charge in [-0.25, -0.2) is 15.0 Å². The van der Waals surface area contributed by atoms with Crippen LogP contribution in [0.25, 0.3) is 11.3 Å². The summed E-state index contributed by atoms with van der Waals surface area (Å²) in [6, 6.07) is 5.68. The Labute approximate surface area is 224 Å². The van der Waals surface area contributed by atoms with Gasteiger partial charge in [0.25, 0.3) is 5.91 Å². The zero-order valence-corrected chi connectivity index (χ0v) is 22.6.